The Bertz CT molecular complexity index is 1280. The largest absolute Gasteiger partial charge is 0.351 e. The molecule has 1 amide bonds. The third-order valence-corrected chi connectivity index (χ3v) is 6.92. The molecule has 1 N–H and O–H groups in total. The van der Waals surface area contributed by atoms with E-state index in [-0.39, 0.29) is 5.91 Å². The Balaban J connectivity index is 1.21. The van der Waals surface area contributed by atoms with E-state index in [4.69, 9.17) is 4.98 Å². The predicted octanol–water partition coefficient (Wildman–Crippen LogP) is 5.29. The number of hydrogen-bond donors (Lipinski definition) is 1. The van der Waals surface area contributed by atoms with E-state index in [2.05, 4.69) is 45.5 Å². The fraction of sp³-hybridized carbons (Fsp3) is 0.300. The first-order valence-corrected chi connectivity index (χ1v) is 12.5. The van der Waals surface area contributed by atoms with Gasteiger partial charge in [0.05, 0.1) is 22.5 Å². The molecule has 0 bridgehead atoms. The van der Waals surface area contributed by atoms with Gasteiger partial charge < -0.3 is 10.2 Å². The number of carbonyl (C=O) groups is 1. The highest BCUT2D eigenvalue weighted by Gasteiger charge is 2.20. The summed E-state index contributed by atoms with van der Waals surface area (Å²) < 4.78 is 0. The first-order valence-electron chi connectivity index (χ1n) is 12.5. The van der Waals surface area contributed by atoms with E-state index in [1.807, 2.05) is 49.4 Å². The summed E-state index contributed by atoms with van der Waals surface area (Å²) in [7, 11) is 0. The first kappa shape index (κ1) is 23.2. The molecule has 1 aliphatic heterocycles. The Kier molecular flexibility index (Phi) is 7.15. The quantitative estimate of drug-likeness (QED) is 0.404. The lowest BCUT2D eigenvalue weighted by atomic mass is 9.90. The molecule has 0 radical (unpaired) electrons. The van der Waals surface area contributed by atoms with Crippen molar-refractivity contribution in [2.45, 2.75) is 26.2 Å². The Morgan fingerprint density at radius 3 is 2.54 bits per heavy atom. The van der Waals surface area contributed by atoms with Crippen molar-refractivity contribution >= 4 is 16.8 Å². The van der Waals surface area contributed by atoms with E-state index in [9.17, 15) is 4.79 Å². The molecule has 0 spiro atoms. The van der Waals surface area contributed by atoms with Crippen molar-refractivity contribution in [3.8, 4) is 11.4 Å². The van der Waals surface area contributed by atoms with Gasteiger partial charge in [0.25, 0.3) is 5.91 Å². The van der Waals surface area contributed by atoms with Crippen molar-refractivity contribution in [3.63, 3.8) is 0 Å². The first-order chi connectivity index (χ1) is 17.2. The molecule has 2 aromatic heterocycles. The van der Waals surface area contributed by atoms with Gasteiger partial charge in [-0.05, 0) is 81.1 Å². The highest BCUT2D eigenvalue weighted by Crippen LogP contribution is 2.25. The molecule has 1 saturated heterocycles. The second-order valence-electron chi connectivity index (χ2n) is 9.52. The van der Waals surface area contributed by atoms with Gasteiger partial charge in [-0.15, -0.1) is 0 Å². The molecule has 2 aromatic carbocycles. The number of nitrogens with one attached hydrogen (secondary N) is 1. The van der Waals surface area contributed by atoms with Crippen LogP contribution in [0.5, 0.6) is 0 Å². The van der Waals surface area contributed by atoms with E-state index in [0.717, 1.165) is 47.7 Å². The molecule has 4 aromatic rings. The molecule has 0 aliphatic carbocycles. The number of rotatable bonds is 7. The van der Waals surface area contributed by atoms with Crippen LogP contribution in [0.3, 0.4) is 0 Å². The zero-order valence-electron chi connectivity index (χ0n) is 20.3. The minimum atomic E-state index is -0.0563. The van der Waals surface area contributed by atoms with Crippen molar-refractivity contribution in [2.24, 2.45) is 5.92 Å². The number of amides is 1. The highest BCUT2D eigenvalue weighted by atomic mass is 16.1. The molecule has 5 nitrogen and oxygen atoms in total. The van der Waals surface area contributed by atoms with Gasteiger partial charge in [0.15, 0.2) is 0 Å². The average Bonchev–Trinajstić information content (AvgIpc) is 2.90. The molecule has 35 heavy (non-hydrogen) atoms. The zero-order chi connectivity index (χ0) is 24.0. The maximum Gasteiger partial charge on any atom is 0.252 e. The van der Waals surface area contributed by atoms with E-state index in [1.165, 1.54) is 24.8 Å². The Hall–Kier alpha value is -3.57. The lowest BCUT2D eigenvalue weighted by Crippen LogP contribution is -2.40. The van der Waals surface area contributed by atoms with Gasteiger partial charge in [0.1, 0.15) is 0 Å². The van der Waals surface area contributed by atoms with Gasteiger partial charge >= 0.3 is 0 Å². The highest BCUT2D eigenvalue weighted by molar-refractivity contribution is 6.07. The summed E-state index contributed by atoms with van der Waals surface area (Å²) in [5.41, 5.74) is 5.49. The van der Waals surface area contributed by atoms with Crippen molar-refractivity contribution < 1.29 is 4.79 Å². The zero-order valence-corrected chi connectivity index (χ0v) is 20.3. The summed E-state index contributed by atoms with van der Waals surface area (Å²) in [6.07, 6.45) is 5.34. The second kappa shape index (κ2) is 10.8. The summed E-state index contributed by atoms with van der Waals surface area (Å²) in [6, 6.07) is 24.4. The SMILES string of the molecule is Cc1ccc2nc(-c3ccccn3)cc(C(=O)NCCN3CCC(Cc4ccccc4)CC3)c2c1. The van der Waals surface area contributed by atoms with Crippen LogP contribution in [-0.2, 0) is 6.42 Å². The average molecular weight is 465 g/mol. The van der Waals surface area contributed by atoms with Gasteiger partial charge in [-0.25, -0.2) is 4.98 Å². The summed E-state index contributed by atoms with van der Waals surface area (Å²) in [6.45, 7) is 5.73. The number of fused-ring (bicyclic) bond motifs is 1. The molecular weight excluding hydrogens is 432 g/mol. The van der Waals surface area contributed by atoms with Crippen LogP contribution in [0, 0.1) is 12.8 Å². The molecule has 5 heteroatoms. The minimum Gasteiger partial charge on any atom is -0.351 e. The smallest absolute Gasteiger partial charge is 0.252 e. The van der Waals surface area contributed by atoms with Crippen LogP contribution >= 0.6 is 0 Å². The molecule has 0 atom stereocenters. The van der Waals surface area contributed by atoms with Crippen molar-refractivity contribution in [3.05, 3.63) is 95.7 Å². The summed E-state index contributed by atoms with van der Waals surface area (Å²) in [5, 5.41) is 4.04. The Morgan fingerprint density at radius 2 is 1.77 bits per heavy atom. The lowest BCUT2D eigenvalue weighted by Gasteiger charge is -2.32. The predicted molar refractivity (Wildman–Crippen MR) is 141 cm³/mol. The van der Waals surface area contributed by atoms with Crippen LogP contribution < -0.4 is 5.32 Å². The van der Waals surface area contributed by atoms with Crippen molar-refractivity contribution in [1.82, 2.24) is 20.2 Å². The number of aryl methyl sites for hydroxylation is 1. The lowest BCUT2D eigenvalue weighted by molar-refractivity contribution is 0.0945. The molecule has 1 aliphatic rings. The van der Waals surface area contributed by atoms with Gasteiger partial charge in [0, 0.05) is 24.7 Å². The fourth-order valence-electron chi connectivity index (χ4n) is 4.96. The van der Waals surface area contributed by atoms with Crippen molar-refractivity contribution in [2.75, 3.05) is 26.2 Å². The normalized spacial score (nSPS) is 14.8. The number of hydrogen-bond acceptors (Lipinski definition) is 4. The summed E-state index contributed by atoms with van der Waals surface area (Å²) in [5.74, 6) is 0.693. The maximum absolute atomic E-state index is 13.3. The minimum absolute atomic E-state index is 0.0563. The number of carbonyl (C=O) groups excluding carboxylic acids is 1. The van der Waals surface area contributed by atoms with E-state index >= 15 is 0 Å². The Morgan fingerprint density at radius 1 is 0.971 bits per heavy atom. The molecule has 3 heterocycles. The molecular formula is C30H32N4O. The van der Waals surface area contributed by atoms with Crippen LogP contribution in [0.25, 0.3) is 22.3 Å². The summed E-state index contributed by atoms with van der Waals surface area (Å²) >= 11 is 0. The monoisotopic (exact) mass is 464 g/mol. The van der Waals surface area contributed by atoms with Crippen molar-refractivity contribution in [1.29, 1.82) is 0 Å². The van der Waals surface area contributed by atoms with Crippen LogP contribution in [0.2, 0.25) is 0 Å². The van der Waals surface area contributed by atoms with Crippen LogP contribution in [0.15, 0.2) is 79.0 Å². The number of aromatic nitrogens is 2. The van der Waals surface area contributed by atoms with Gasteiger partial charge in [0.2, 0.25) is 0 Å². The molecule has 1 fully saturated rings. The van der Waals surface area contributed by atoms with Crippen LogP contribution in [-0.4, -0.2) is 47.0 Å². The third-order valence-electron chi connectivity index (χ3n) is 6.92. The Labute approximate surface area is 207 Å². The number of likely N-dealkylation sites (tertiary alicyclic amines) is 1. The molecule has 0 saturated carbocycles. The summed E-state index contributed by atoms with van der Waals surface area (Å²) in [4.78, 5) is 24.9. The topological polar surface area (TPSA) is 58.1 Å². The van der Waals surface area contributed by atoms with Crippen LogP contribution in [0.4, 0.5) is 0 Å². The standard InChI is InChI=1S/C30H32N4O/c1-22-10-11-27-25(19-22)26(21-29(33-27)28-9-5-6-14-31-28)30(35)32-15-18-34-16-12-24(13-17-34)20-23-7-3-2-4-8-23/h2-11,14,19,21,24H,12-13,15-18,20H2,1H3,(H,32,35). The number of nitrogens with zero attached hydrogens (tertiary/aromatic N) is 3. The van der Waals surface area contributed by atoms with E-state index < -0.39 is 0 Å². The second-order valence-corrected chi connectivity index (χ2v) is 9.52. The third kappa shape index (κ3) is 5.75. The van der Waals surface area contributed by atoms with Gasteiger partial charge in [-0.3, -0.25) is 9.78 Å². The molecule has 178 valence electrons. The number of benzene rings is 2. The van der Waals surface area contributed by atoms with E-state index in [1.54, 1.807) is 6.20 Å². The number of piperidine rings is 1. The fourth-order valence-corrected chi connectivity index (χ4v) is 4.96. The van der Waals surface area contributed by atoms with Gasteiger partial charge in [-0.2, -0.15) is 0 Å². The number of pyridine rings is 2. The molecule has 0 unspecified atom stereocenters. The van der Waals surface area contributed by atoms with Crippen LogP contribution in [0.1, 0.15) is 34.3 Å². The van der Waals surface area contributed by atoms with E-state index in [0.29, 0.717) is 17.8 Å². The van der Waals surface area contributed by atoms with Gasteiger partial charge in [-0.1, -0.05) is 48.0 Å². The maximum atomic E-state index is 13.3. The molecule has 5 rings (SSSR count).